The van der Waals surface area contributed by atoms with Crippen LogP contribution in [0.4, 0.5) is 5.69 Å². The summed E-state index contributed by atoms with van der Waals surface area (Å²) < 4.78 is 0. The molecule has 1 aliphatic carbocycles. The van der Waals surface area contributed by atoms with Crippen molar-refractivity contribution < 1.29 is 4.79 Å². The molecule has 1 amide bonds. The Bertz CT molecular complexity index is 800. The lowest BCUT2D eigenvalue weighted by molar-refractivity contribution is -0.122. The molecule has 0 bridgehead atoms. The minimum Gasteiger partial charge on any atom is -0.338 e. The van der Waals surface area contributed by atoms with Crippen molar-refractivity contribution in [2.24, 2.45) is 5.92 Å². The van der Waals surface area contributed by atoms with Gasteiger partial charge in [-0.2, -0.15) is 0 Å². The lowest BCUT2D eigenvalue weighted by Crippen LogP contribution is -2.28. The number of rotatable bonds is 3. The maximum Gasteiger partial charge on any atom is 0.227 e. The maximum absolute atomic E-state index is 12.2. The third kappa shape index (κ3) is 2.26. The van der Waals surface area contributed by atoms with Crippen molar-refractivity contribution in [3.05, 3.63) is 48.5 Å². The predicted molar refractivity (Wildman–Crippen MR) is 87.5 cm³/mol. The number of carbonyl (C=O) groups is 1. The summed E-state index contributed by atoms with van der Waals surface area (Å²) in [5.74, 6) is 1.07. The summed E-state index contributed by atoms with van der Waals surface area (Å²) in [6.07, 6.45) is 3.15. The Morgan fingerprint density at radius 3 is 2.64 bits per heavy atom. The van der Waals surface area contributed by atoms with Gasteiger partial charge in [0.15, 0.2) is 0 Å². The quantitative estimate of drug-likeness (QED) is 0.767. The first-order valence-electron chi connectivity index (χ1n) is 7.66. The Balaban J connectivity index is 1.70. The lowest BCUT2D eigenvalue weighted by Gasteiger charge is -2.24. The van der Waals surface area contributed by atoms with Crippen LogP contribution in [0.2, 0.25) is 0 Å². The van der Waals surface area contributed by atoms with Gasteiger partial charge in [0.25, 0.3) is 0 Å². The van der Waals surface area contributed by atoms with Crippen LogP contribution in [0.15, 0.2) is 48.5 Å². The van der Waals surface area contributed by atoms with Gasteiger partial charge in [0.1, 0.15) is 5.82 Å². The van der Waals surface area contributed by atoms with Crippen molar-refractivity contribution >= 4 is 22.6 Å². The van der Waals surface area contributed by atoms with Crippen molar-refractivity contribution in [1.29, 1.82) is 0 Å². The molecule has 1 saturated carbocycles. The first-order valence-corrected chi connectivity index (χ1v) is 7.66. The minimum absolute atomic E-state index is 0.120. The van der Waals surface area contributed by atoms with Crippen LogP contribution >= 0.6 is 0 Å². The molecule has 2 N–H and O–H groups in total. The Hall–Kier alpha value is -2.62. The Morgan fingerprint density at radius 2 is 1.86 bits per heavy atom. The van der Waals surface area contributed by atoms with Crippen LogP contribution in [-0.4, -0.2) is 15.9 Å². The third-order valence-electron chi connectivity index (χ3n) is 4.31. The van der Waals surface area contributed by atoms with E-state index in [2.05, 4.69) is 15.3 Å². The van der Waals surface area contributed by atoms with E-state index >= 15 is 0 Å². The second-order valence-corrected chi connectivity index (χ2v) is 5.77. The number of para-hydroxylation sites is 3. The summed E-state index contributed by atoms with van der Waals surface area (Å²) in [7, 11) is 0. The minimum atomic E-state index is 0.120. The predicted octanol–water partition coefficient (Wildman–Crippen LogP) is 3.97. The summed E-state index contributed by atoms with van der Waals surface area (Å²) in [6, 6.07) is 15.7. The van der Waals surface area contributed by atoms with Crippen molar-refractivity contribution in [3.8, 4) is 11.4 Å². The largest absolute Gasteiger partial charge is 0.338 e. The standard InChI is InChI=1S/C18H17N3O/c22-18(12-6-5-7-12)21-14-9-2-1-8-13(14)17-19-15-10-3-4-11-16(15)20-17/h1-4,8-12H,5-7H2,(H,19,20)(H,21,22). The topological polar surface area (TPSA) is 57.8 Å². The van der Waals surface area contributed by atoms with Gasteiger partial charge < -0.3 is 10.3 Å². The summed E-state index contributed by atoms with van der Waals surface area (Å²) in [5, 5.41) is 3.06. The zero-order chi connectivity index (χ0) is 14.9. The number of carbonyl (C=O) groups excluding carboxylic acids is 1. The van der Waals surface area contributed by atoms with Gasteiger partial charge in [-0.1, -0.05) is 30.7 Å². The van der Waals surface area contributed by atoms with Crippen LogP contribution in [0.5, 0.6) is 0 Å². The van der Waals surface area contributed by atoms with E-state index in [9.17, 15) is 4.79 Å². The van der Waals surface area contributed by atoms with Gasteiger partial charge >= 0.3 is 0 Å². The normalized spacial score (nSPS) is 14.7. The number of hydrogen-bond acceptors (Lipinski definition) is 2. The highest BCUT2D eigenvalue weighted by atomic mass is 16.1. The molecule has 1 aliphatic rings. The van der Waals surface area contributed by atoms with Crippen molar-refractivity contribution in [2.45, 2.75) is 19.3 Å². The third-order valence-corrected chi connectivity index (χ3v) is 4.31. The number of anilines is 1. The summed E-state index contributed by atoms with van der Waals surface area (Å²) in [5.41, 5.74) is 3.67. The summed E-state index contributed by atoms with van der Waals surface area (Å²) in [4.78, 5) is 20.2. The molecule has 0 unspecified atom stereocenters. The number of nitrogens with one attached hydrogen (secondary N) is 2. The zero-order valence-electron chi connectivity index (χ0n) is 12.2. The molecule has 1 fully saturated rings. The highest BCUT2D eigenvalue weighted by Crippen LogP contribution is 2.31. The van der Waals surface area contributed by atoms with E-state index in [-0.39, 0.29) is 11.8 Å². The average Bonchev–Trinajstić information content (AvgIpc) is 2.89. The molecule has 3 aromatic rings. The van der Waals surface area contributed by atoms with E-state index in [0.29, 0.717) is 0 Å². The maximum atomic E-state index is 12.2. The van der Waals surface area contributed by atoms with Gasteiger partial charge in [-0.3, -0.25) is 4.79 Å². The Kier molecular flexibility index (Phi) is 3.15. The van der Waals surface area contributed by atoms with Gasteiger partial charge in [0.05, 0.1) is 16.7 Å². The second-order valence-electron chi connectivity index (χ2n) is 5.77. The van der Waals surface area contributed by atoms with Crippen molar-refractivity contribution in [3.63, 3.8) is 0 Å². The number of aromatic nitrogens is 2. The molecule has 2 aromatic carbocycles. The van der Waals surface area contributed by atoms with Crippen molar-refractivity contribution in [2.75, 3.05) is 5.32 Å². The first-order chi connectivity index (χ1) is 10.8. The van der Waals surface area contributed by atoms with Gasteiger partial charge in [0.2, 0.25) is 5.91 Å². The fourth-order valence-corrected chi connectivity index (χ4v) is 2.78. The van der Waals surface area contributed by atoms with Gasteiger partial charge in [-0.25, -0.2) is 4.98 Å². The smallest absolute Gasteiger partial charge is 0.227 e. The molecule has 0 aliphatic heterocycles. The summed E-state index contributed by atoms with van der Waals surface area (Å²) in [6.45, 7) is 0. The number of amides is 1. The fraction of sp³-hybridized carbons (Fsp3) is 0.222. The van der Waals surface area contributed by atoms with E-state index in [1.165, 1.54) is 0 Å². The van der Waals surface area contributed by atoms with Gasteiger partial charge in [-0.15, -0.1) is 0 Å². The Morgan fingerprint density at radius 1 is 1.09 bits per heavy atom. The Labute approximate surface area is 128 Å². The molecule has 0 radical (unpaired) electrons. The van der Waals surface area contributed by atoms with Crippen LogP contribution in [0.3, 0.4) is 0 Å². The molecule has 0 atom stereocenters. The highest BCUT2D eigenvalue weighted by Gasteiger charge is 2.25. The number of H-pyrrole nitrogens is 1. The monoisotopic (exact) mass is 291 g/mol. The van der Waals surface area contributed by atoms with Gasteiger partial charge in [-0.05, 0) is 37.1 Å². The first kappa shape index (κ1) is 13.1. The van der Waals surface area contributed by atoms with E-state index in [4.69, 9.17) is 0 Å². The number of benzene rings is 2. The second kappa shape index (κ2) is 5.30. The number of imidazole rings is 1. The van der Waals surface area contributed by atoms with E-state index in [0.717, 1.165) is 47.4 Å². The van der Waals surface area contributed by atoms with E-state index < -0.39 is 0 Å². The molecule has 4 rings (SSSR count). The molecule has 0 spiro atoms. The van der Waals surface area contributed by atoms with Crippen LogP contribution < -0.4 is 5.32 Å². The van der Waals surface area contributed by atoms with Gasteiger partial charge in [0, 0.05) is 11.5 Å². The molecule has 1 heterocycles. The molecule has 4 nitrogen and oxygen atoms in total. The number of aromatic amines is 1. The van der Waals surface area contributed by atoms with Crippen LogP contribution in [0.25, 0.3) is 22.4 Å². The van der Waals surface area contributed by atoms with Crippen LogP contribution in [-0.2, 0) is 4.79 Å². The van der Waals surface area contributed by atoms with E-state index in [1.807, 2.05) is 48.5 Å². The molecule has 110 valence electrons. The SMILES string of the molecule is O=C(Nc1ccccc1-c1nc2ccccc2[nH]1)C1CCC1. The average molecular weight is 291 g/mol. The number of fused-ring (bicyclic) bond motifs is 1. The number of nitrogens with zero attached hydrogens (tertiary/aromatic N) is 1. The fourth-order valence-electron chi connectivity index (χ4n) is 2.78. The molecule has 0 saturated heterocycles. The number of hydrogen-bond donors (Lipinski definition) is 2. The van der Waals surface area contributed by atoms with Crippen LogP contribution in [0.1, 0.15) is 19.3 Å². The zero-order valence-corrected chi connectivity index (χ0v) is 12.2. The molecule has 22 heavy (non-hydrogen) atoms. The molecule has 4 heteroatoms. The van der Waals surface area contributed by atoms with Crippen LogP contribution in [0, 0.1) is 5.92 Å². The van der Waals surface area contributed by atoms with E-state index in [1.54, 1.807) is 0 Å². The van der Waals surface area contributed by atoms with Crippen molar-refractivity contribution in [1.82, 2.24) is 9.97 Å². The lowest BCUT2D eigenvalue weighted by atomic mass is 9.85. The molecule has 1 aromatic heterocycles. The summed E-state index contributed by atoms with van der Waals surface area (Å²) >= 11 is 0. The molecular formula is C18H17N3O. The highest BCUT2D eigenvalue weighted by molar-refractivity contribution is 5.97. The molecular weight excluding hydrogens is 274 g/mol.